The minimum atomic E-state index is -4.03. The van der Waals surface area contributed by atoms with Crippen LogP contribution in [0.5, 0.6) is 0 Å². The summed E-state index contributed by atoms with van der Waals surface area (Å²) in [6, 6.07) is 5.47. The van der Waals surface area contributed by atoms with E-state index in [9.17, 15) is 27.1 Å². The molecule has 3 rings (SSSR count). The molecule has 1 fully saturated rings. The van der Waals surface area contributed by atoms with Crippen LogP contribution in [0.15, 0.2) is 41.4 Å². The monoisotopic (exact) mass is 397 g/mol. The Hall–Kier alpha value is -2.75. The van der Waals surface area contributed by atoms with Gasteiger partial charge in [0, 0.05) is 25.4 Å². The quantitative estimate of drug-likeness (QED) is 0.804. The highest BCUT2D eigenvalue weighted by molar-refractivity contribution is 7.92. The molecule has 1 unspecified atom stereocenters. The lowest BCUT2D eigenvalue weighted by Crippen LogP contribution is -2.32. The van der Waals surface area contributed by atoms with Crippen molar-refractivity contribution in [3.8, 4) is 0 Å². The molecular formula is C17H17F2N3O4S. The maximum atomic E-state index is 13.2. The van der Waals surface area contributed by atoms with Gasteiger partial charge in [0.1, 0.15) is 10.7 Å². The first-order valence-corrected chi connectivity index (χ1v) is 9.51. The highest BCUT2D eigenvalue weighted by atomic mass is 32.2. The van der Waals surface area contributed by atoms with E-state index in [4.69, 9.17) is 0 Å². The van der Waals surface area contributed by atoms with E-state index in [0.29, 0.717) is 18.8 Å². The second-order valence-corrected chi connectivity index (χ2v) is 8.31. The molecule has 2 aromatic rings. The third kappa shape index (κ3) is 3.85. The zero-order chi connectivity index (χ0) is 19.8. The number of nitrogens with zero attached hydrogens (tertiary/aromatic N) is 2. The van der Waals surface area contributed by atoms with Gasteiger partial charge in [-0.25, -0.2) is 22.2 Å². The van der Waals surface area contributed by atoms with Crippen molar-refractivity contribution in [3.05, 3.63) is 48.2 Å². The van der Waals surface area contributed by atoms with Crippen LogP contribution in [0.3, 0.4) is 0 Å². The van der Waals surface area contributed by atoms with Gasteiger partial charge < -0.3 is 10.0 Å². The SMILES string of the molecule is CC1(C(=O)O)CCN(c2ccc(S(=O)(=O)Nc3ccc(F)c(F)c3)cn2)C1. The van der Waals surface area contributed by atoms with Crippen molar-refractivity contribution in [1.82, 2.24) is 4.98 Å². The molecule has 0 radical (unpaired) electrons. The van der Waals surface area contributed by atoms with Gasteiger partial charge in [0.15, 0.2) is 11.6 Å². The minimum Gasteiger partial charge on any atom is -0.481 e. The smallest absolute Gasteiger partial charge is 0.311 e. The van der Waals surface area contributed by atoms with Crippen molar-refractivity contribution in [3.63, 3.8) is 0 Å². The summed E-state index contributed by atoms with van der Waals surface area (Å²) in [6.45, 7) is 2.42. The molecule has 27 heavy (non-hydrogen) atoms. The van der Waals surface area contributed by atoms with Crippen LogP contribution in [0.25, 0.3) is 0 Å². The van der Waals surface area contributed by atoms with E-state index in [-0.39, 0.29) is 17.1 Å². The molecule has 0 aliphatic carbocycles. The summed E-state index contributed by atoms with van der Waals surface area (Å²) in [5, 5.41) is 9.28. The summed E-state index contributed by atoms with van der Waals surface area (Å²) in [5.74, 6) is -2.67. The first-order valence-electron chi connectivity index (χ1n) is 8.03. The number of halogens is 2. The molecular weight excluding hydrogens is 380 g/mol. The van der Waals surface area contributed by atoms with Crippen LogP contribution in [0.1, 0.15) is 13.3 Å². The molecule has 1 atom stereocenters. The number of carbonyl (C=O) groups is 1. The predicted octanol–water partition coefficient (Wildman–Crippen LogP) is 2.46. The number of nitrogens with one attached hydrogen (secondary N) is 1. The van der Waals surface area contributed by atoms with Crippen LogP contribution in [-0.2, 0) is 14.8 Å². The van der Waals surface area contributed by atoms with Gasteiger partial charge in [-0.1, -0.05) is 0 Å². The lowest BCUT2D eigenvalue weighted by atomic mass is 9.90. The number of anilines is 2. The summed E-state index contributed by atoms with van der Waals surface area (Å²) in [4.78, 5) is 17.0. The predicted molar refractivity (Wildman–Crippen MR) is 94.0 cm³/mol. The maximum Gasteiger partial charge on any atom is 0.311 e. The number of pyridine rings is 1. The van der Waals surface area contributed by atoms with E-state index in [1.54, 1.807) is 11.8 Å². The Bertz CT molecular complexity index is 982. The number of hydrogen-bond donors (Lipinski definition) is 2. The van der Waals surface area contributed by atoms with Gasteiger partial charge in [-0.2, -0.15) is 0 Å². The first kappa shape index (κ1) is 19.0. The molecule has 1 aliphatic rings. The maximum absolute atomic E-state index is 13.2. The third-order valence-electron chi connectivity index (χ3n) is 4.52. The van der Waals surface area contributed by atoms with Crippen molar-refractivity contribution in [2.24, 2.45) is 5.41 Å². The van der Waals surface area contributed by atoms with E-state index in [1.807, 2.05) is 0 Å². The topological polar surface area (TPSA) is 99.6 Å². The van der Waals surface area contributed by atoms with Crippen LogP contribution in [0, 0.1) is 17.0 Å². The van der Waals surface area contributed by atoms with Gasteiger partial charge in [0.2, 0.25) is 0 Å². The van der Waals surface area contributed by atoms with Gasteiger partial charge in [-0.3, -0.25) is 9.52 Å². The van der Waals surface area contributed by atoms with Crippen LogP contribution < -0.4 is 9.62 Å². The summed E-state index contributed by atoms with van der Waals surface area (Å²) in [6.07, 6.45) is 1.59. The summed E-state index contributed by atoms with van der Waals surface area (Å²) >= 11 is 0. The Morgan fingerprint density at radius 3 is 2.56 bits per heavy atom. The van der Waals surface area contributed by atoms with Gasteiger partial charge in [-0.05, 0) is 37.6 Å². The molecule has 1 saturated heterocycles. The summed E-state index contributed by atoms with van der Waals surface area (Å²) in [5.41, 5.74) is -0.990. The lowest BCUT2D eigenvalue weighted by molar-refractivity contribution is -0.146. The van der Waals surface area contributed by atoms with Crippen molar-refractivity contribution < 1.29 is 27.1 Å². The molecule has 10 heteroatoms. The average Bonchev–Trinajstić information content (AvgIpc) is 3.02. The van der Waals surface area contributed by atoms with Gasteiger partial charge in [0.25, 0.3) is 10.0 Å². The molecule has 2 N–H and O–H groups in total. The van der Waals surface area contributed by atoms with Crippen LogP contribution >= 0.6 is 0 Å². The number of aliphatic carboxylic acids is 1. The number of sulfonamides is 1. The fourth-order valence-electron chi connectivity index (χ4n) is 2.82. The summed E-state index contributed by atoms with van der Waals surface area (Å²) < 4.78 is 53.1. The average molecular weight is 397 g/mol. The lowest BCUT2D eigenvalue weighted by Gasteiger charge is -2.21. The Morgan fingerprint density at radius 2 is 2.00 bits per heavy atom. The van der Waals surface area contributed by atoms with Crippen molar-refractivity contribution >= 4 is 27.5 Å². The minimum absolute atomic E-state index is 0.116. The Balaban J connectivity index is 1.76. The van der Waals surface area contributed by atoms with Crippen LogP contribution in [-0.4, -0.2) is 37.6 Å². The molecule has 0 saturated carbocycles. The van der Waals surface area contributed by atoms with Gasteiger partial charge >= 0.3 is 5.97 Å². The Labute approximate surface area is 154 Å². The highest BCUT2D eigenvalue weighted by Crippen LogP contribution is 2.32. The zero-order valence-electron chi connectivity index (χ0n) is 14.3. The van der Waals surface area contributed by atoms with E-state index < -0.39 is 33.0 Å². The number of rotatable bonds is 5. The molecule has 2 heterocycles. The van der Waals surface area contributed by atoms with Crippen LogP contribution in [0.2, 0.25) is 0 Å². The molecule has 1 aromatic carbocycles. The van der Waals surface area contributed by atoms with E-state index in [0.717, 1.165) is 24.4 Å². The highest BCUT2D eigenvalue weighted by Gasteiger charge is 2.40. The molecule has 1 aliphatic heterocycles. The Kier molecular flexibility index (Phi) is 4.77. The molecule has 144 valence electrons. The van der Waals surface area contributed by atoms with Crippen molar-refractivity contribution in [2.45, 2.75) is 18.2 Å². The second kappa shape index (κ2) is 6.76. The summed E-state index contributed by atoms with van der Waals surface area (Å²) in [7, 11) is -4.03. The van der Waals surface area contributed by atoms with Crippen LogP contribution in [0.4, 0.5) is 20.3 Å². The number of carboxylic acid groups (broad SMARTS) is 1. The zero-order valence-corrected chi connectivity index (χ0v) is 15.1. The fourth-order valence-corrected chi connectivity index (χ4v) is 3.82. The van der Waals surface area contributed by atoms with Gasteiger partial charge in [0.05, 0.1) is 11.1 Å². The van der Waals surface area contributed by atoms with Crippen molar-refractivity contribution in [2.75, 3.05) is 22.7 Å². The normalized spacial score (nSPS) is 19.9. The fraction of sp³-hybridized carbons (Fsp3) is 0.294. The third-order valence-corrected chi connectivity index (χ3v) is 5.88. The first-order chi connectivity index (χ1) is 12.6. The number of benzene rings is 1. The van der Waals surface area contributed by atoms with E-state index >= 15 is 0 Å². The number of aromatic nitrogens is 1. The second-order valence-electron chi connectivity index (χ2n) is 6.62. The number of hydrogen-bond acceptors (Lipinski definition) is 5. The number of carboxylic acids is 1. The Morgan fingerprint density at radius 1 is 1.26 bits per heavy atom. The molecule has 0 bridgehead atoms. The molecule has 1 aromatic heterocycles. The standard InChI is InChI=1S/C17H17F2N3O4S/c1-17(16(23)24)6-7-22(10-17)15-5-3-12(9-20-15)27(25,26)21-11-2-4-13(18)14(19)8-11/h2-5,8-9,21H,6-7,10H2,1H3,(H,23,24). The molecule has 0 spiro atoms. The molecule has 0 amide bonds. The molecule has 7 nitrogen and oxygen atoms in total. The van der Waals surface area contributed by atoms with E-state index in [2.05, 4.69) is 9.71 Å². The van der Waals surface area contributed by atoms with Gasteiger partial charge in [-0.15, -0.1) is 0 Å². The van der Waals surface area contributed by atoms with Crippen molar-refractivity contribution in [1.29, 1.82) is 0 Å². The largest absolute Gasteiger partial charge is 0.481 e. The van der Waals surface area contributed by atoms with E-state index in [1.165, 1.54) is 12.1 Å².